The van der Waals surface area contributed by atoms with E-state index in [1.807, 2.05) is 0 Å². The Bertz CT molecular complexity index is 329. The molecule has 1 saturated carbocycles. The molecular formula is C14H22N2. The van der Waals surface area contributed by atoms with Gasteiger partial charge in [-0.1, -0.05) is 25.8 Å². The molecule has 1 aromatic rings. The average molecular weight is 218 g/mol. The first kappa shape index (κ1) is 11.6. The first-order valence-electron chi connectivity index (χ1n) is 6.48. The summed E-state index contributed by atoms with van der Waals surface area (Å²) in [6, 6.07) is 6.82. The van der Waals surface area contributed by atoms with Gasteiger partial charge in [0, 0.05) is 5.69 Å². The van der Waals surface area contributed by atoms with Crippen LogP contribution < -0.4 is 5.32 Å². The van der Waals surface area contributed by atoms with Gasteiger partial charge in [-0.25, -0.2) is 0 Å². The van der Waals surface area contributed by atoms with Crippen molar-refractivity contribution in [3.8, 4) is 0 Å². The second-order valence-corrected chi connectivity index (χ2v) is 4.78. The van der Waals surface area contributed by atoms with E-state index in [9.17, 15) is 0 Å². The van der Waals surface area contributed by atoms with Gasteiger partial charge in [-0.3, -0.25) is 4.98 Å². The summed E-state index contributed by atoms with van der Waals surface area (Å²) in [7, 11) is 0. The molecule has 0 spiro atoms. The Morgan fingerprint density at radius 3 is 2.75 bits per heavy atom. The summed E-state index contributed by atoms with van der Waals surface area (Å²) < 4.78 is 0. The molecule has 1 aliphatic carbocycles. The molecule has 0 radical (unpaired) electrons. The molecule has 1 N–H and O–H groups in total. The van der Waals surface area contributed by atoms with Crippen LogP contribution in [0.25, 0.3) is 0 Å². The lowest BCUT2D eigenvalue weighted by molar-refractivity contribution is 0.367. The van der Waals surface area contributed by atoms with Gasteiger partial charge in [0.1, 0.15) is 0 Å². The maximum atomic E-state index is 4.67. The number of aromatic nitrogens is 1. The van der Waals surface area contributed by atoms with Crippen LogP contribution in [0.5, 0.6) is 0 Å². The zero-order valence-corrected chi connectivity index (χ0v) is 10.4. The number of rotatable bonds is 4. The number of nitrogens with one attached hydrogen (secondary N) is 1. The van der Waals surface area contributed by atoms with E-state index in [1.54, 1.807) is 0 Å². The van der Waals surface area contributed by atoms with Gasteiger partial charge < -0.3 is 5.32 Å². The van der Waals surface area contributed by atoms with Crippen molar-refractivity contribution in [3.63, 3.8) is 0 Å². The summed E-state index contributed by atoms with van der Waals surface area (Å²) in [6.07, 6.45) is 5.48. The van der Waals surface area contributed by atoms with Crippen LogP contribution >= 0.6 is 0 Å². The van der Waals surface area contributed by atoms with Gasteiger partial charge >= 0.3 is 0 Å². The Labute approximate surface area is 98.5 Å². The molecule has 1 heterocycles. The number of pyridine rings is 1. The fourth-order valence-corrected chi connectivity index (χ4v) is 2.76. The van der Waals surface area contributed by atoms with E-state index in [-0.39, 0.29) is 0 Å². The van der Waals surface area contributed by atoms with E-state index in [0.29, 0.717) is 6.04 Å². The standard InChI is InChI=1S/C14H22N2/c1-3-15-14(12-8-4-5-9-12)13-10-6-7-11(2)16-13/h6-7,10,12,14-15H,3-5,8-9H2,1-2H3. The normalized spacial score (nSPS) is 18.9. The van der Waals surface area contributed by atoms with Crippen LogP contribution in [0.4, 0.5) is 0 Å². The van der Waals surface area contributed by atoms with Gasteiger partial charge in [0.25, 0.3) is 0 Å². The Hall–Kier alpha value is -0.890. The van der Waals surface area contributed by atoms with Crippen LogP contribution in [0.3, 0.4) is 0 Å². The number of hydrogen-bond acceptors (Lipinski definition) is 2. The molecule has 2 rings (SSSR count). The Morgan fingerprint density at radius 1 is 1.38 bits per heavy atom. The van der Waals surface area contributed by atoms with Crippen molar-refractivity contribution < 1.29 is 0 Å². The molecule has 1 unspecified atom stereocenters. The van der Waals surface area contributed by atoms with E-state index in [2.05, 4.69) is 42.3 Å². The third-order valence-corrected chi connectivity index (χ3v) is 3.52. The Kier molecular flexibility index (Phi) is 3.94. The summed E-state index contributed by atoms with van der Waals surface area (Å²) >= 11 is 0. The van der Waals surface area contributed by atoms with Crippen molar-refractivity contribution in [2.45, 2.75) is 45.6 Å². The van der Waals surface area contributed by atoms with Gasteiger partial charge in [-0.05, 0) is 44.4 Å². The molecule has 0 bridgehead atoms. The third-order valence-electron chi connectivity index (χ3n) is 3.52. The zero-order chi connectivity index (χ0) is 11.4. The first-order chi connectivity index (χ1) is 7.81. The molecule has 16 heavy (non-hydrogen) atoms. The molecule has 1 aromatic heterocycles. The highest BCUT2D eigenvalue weighted by atomic mass is 14.9. The van der Waals surface area contributed by atoms with E-state index in [1.165, 1.54) is 31.4 Å². The lowest BCUT2D eigenvalue weighted by atomic mass is 9.94. The maximum Gasteiger partial charge on any atom is 0.0579 e. The van der Waals surface area contributed by atoms with E-state index in [4.69, 9.17) is 0 Å². The highest BCUT2D eigenvalue weighted by molar-refractivity contribution is 5.14. The molecule has 1 aliphatic rings. The third kappa shape index (κ3) is 2.62. The van der Waals surface area contributed by atoms with Crippen LogP contribution in [0.1, 0.15) is 50.0 Å². The molecular weight excluding hydrogens is 196 g/mol. The van der Waals surface area contributed by atoms with Crippen molar-refractivity contribution in [2.24, 2.45) is 5.92 Å². The van der Waals surface area contributed by atoms with Gasteiger partial charge in [-0.2, -0.15) is 0 Å². The minimum absolute atomic E-state index is 0.465. The predicted molar refractivity (Wildman–Crippen MR) is 67.3 cm³/mol. The summed E-state index contributed by atoms with van der Waals surface area (Å²) in [6.45, 7) is 5.27. The molecule has 2 nitrogen and oxygen atoms in total. The van der Waals surface area contributed by atoms with Gasteiger partial charge in [0.05, 0.1) is 11.7 Å². The lowest BCUT2D eigenvalue weighted by Crippen LogP contribution is -2.27. The number of aryl methyl sites for hydroxylation is 1. The van der Waals surface area contributed by atoms with E-state index >= 15 is 0 Å². The fourth-order valence-electron chi connectivity index (χ4n) is 2.76. The van der Waals surface area contributed by atoms with Crippen molar-refractivity contribution in [1.82, 2.24) is 10.3 Å². The average Bonchev–Trinajstić information content (AvgIpc) is 2.79. The molecule has 1 atom stereocenters. The van der Waals surface area contributed by atoms with Crippen LogP contribution in [-0.4, -0.2) is 11.5 Å². The van der Waals surface area contributed by atoms with Crippen LogP contribution in [0, 0.1) is 12.8 Å². The smallest absolute Gasteiger partial charge is 0.0579 e. The Morgan fingerprint density at radius 2 is 2.12 bits per heavy atom. The second kappa shape index (κ2) is 5.44. The predicted octanol–water partition coefficient (Wildman–Crippen LogP) is 3.23. The minimum Gasteiger partial charge on any atom is -0.309 e. The zero-order valence-electron chi connectivity index (χ0n) is 10.4. The summed E-state index contributed by atoms with van der Waals surface area (Å²) in [5.41, 5.74) is 2.35. The fraction of sp³-hybridized carbons (Fsp3) is 0.643. The van der Waals surface area contributed by atoms with Crippen molar-refractivity contribution >= 4 is 0 Å². The largest absolute Gasteiger partial charge is 0.309 e. The topological polar surface area (TPSA) is 24.9 Å². The summed E-state index contributed by atoms with van der Waals surface area (Å²) in [4.78, 5) is 4.67. The van der Waals surface area contributed by atoms with Crippen molar-refractivity contribution in [3.05, 3.63) is 29.6 Å². The maximum absolute atomic E-state index is 4.67. The van der Waals surface area contributed by atoms with Crippen molar-refractivity contribution in [2.75, 3.05) is 6.54 Å². The lowest BCUT2D eigenvalue weighted by Gasteiger charge is -2.24. The summed E-state index contributed by atoms with van der Waals surface area (Å²) in [5.74, 6) is 0.786. The second-order valence-electron chi connectivity index (χ2n) is 4.78. The molecule has 88 valence electrons. The molecule has 0 amide bonds. The van der Waals surface area contributed by atoms with Crippen LogP contribution in [0.2, 0.25) is 0 Å². The van der Waals surface area contributed by atoms with Crippen LogP contribution in [-0.2, 0) is 0 Å². The number of hydrogen-bond donors (Lipinski definition) is 1. The highest BCUT2D eigenvalue weighted by Crippen LogP contribution is 2.34. The molecule has 0 aromatic carbocycles. The van der Waals surface area contributed by atoms with E-state index in [0.717, 1.165) is 18.2 Å². The van der Waals surface area contributed by atoms with Gasteiger partial charge in [-0.15, -0.1) is 0 Å². The SMILES string of the molecule is CCNC(c1cccc(C)n1)C1CCCC1. The molecule has 0 saturated heterocycles. The minimum atomic E-state index is 0.465. The molecule has 1 fully saturated rings. The van der Waals surface area contributed by atoms with Gasteiger partial charge in [0.2, 0.25) is 0 Å². The van der Waals surface area contributed by atoms with Gasteiger partial charge in [0.15, 0.2) is 0 Å². The summed E-state index contributed by atoms with van der Waals surface area (Å²) in [5, 5.41) is 3.61. The Balaban J connectivity index is 2.17. The van der Waals surface area contributed by atoms with Crippen LogP contribution in [0.15, 0.2) is 18.2 Å². The number of nitrogens with zero attached hydrogens (tertiary/aromatic N) is 1. The monoisotopic (exact) mass is 218 g/mol. The van der Waals surface area contributed by atoms with E-state index < -0.39 is 0 Å². The molecule has 2 heteroatoms. The quantitative estimate of drug-likeness (QED) is 0.839. The highest BCUT2D eigenvalue weighted by Gasteiger charge is 2.26. The first-order valence-corrected chi connectivity index (χ1v) is 6.48. The van der Waals surface area contributed by atoms with Crippen molar-refractivity contribution in [1.29, 1.82) is 0 Å². The molecule has 0 aliphatic heterocycles.